The molecule has 0 aliphatic carbocycles. The number of esters is 1. The number of unbranched alkanes of at least 4 members (excludes halogenated alkanes) is 3. The van der Waals surface area contributed by atoms with Crippen LogP contribution in [0.4, 0.5) is 8.78 Å². The fourth-order valence-corrected chi connectivity index (χ4v) is 3.73. The minimum atomic E-state index is -3.40. The average Bonchev–Trinajstić information content (AvgIpc) is 3.07. The van der Waals surface area contributed by atoms with E-state index in [0.29, 0.717) is 25.8 Å². The summed E-state index contributed by atoms with van der Waals surface area (Å²) in [5.74, 6) is -3.61. The minimum Gasteiger partial charge on any atom is -0.460 e. The second-order valence-electron chi connectivity index (χ2n) is 9.26. The van der Waals surface area contributed by atoms with Gasteiger partial charge < -0.3 is 14.7 Å². The maximum absolute atomic E-state index is 14.5. The van der Waals surface area contributed by atoms with Crippen LogP contribution in [0.2, 0.25) is 0 Å². The fraction of sp³-hybridized carbons (Fsp3) is 0.600. The molecule has 1 fully saturated rings. The summed E-state index contributed by atoms with van der Waals surface area (Å²) in [7, 11) is 0. The number of hydrogen-bond acceptors (Lipinski definition) is 4. The van der Waals surface area contributed by atoms with Gasteiger partial charge in [0.05, 0.1) is 6.04 Å². The van der Waals surface area contributed by atoms with Gasteiger partial charge in [-0.1, -0.05) is 55.3 Å². The van der Waals surface area contributed by atoms with E-state index >= 15 is 0 Å². The first kappa shape index (κ1) is 26.0. The molecule has 7 heteroatoms. The van der Waals surface area contributed by atoms with Gasteiger partial charge >= 0.3 is 11.9 Å². The third-order valence-corrected chi connectivity index (χ3v) is 5.37. The molecule has 0 radical (unpaired) electrons. The second-order valence-corrected chi connectivity index (χ2v) is 9.26. The molecule has 178 valence electrons. The van der Waals surface area contributed by atoms with Crippen LogP contribution in [0.5, 0.6) is 0 Å². The number of halogens is 2. The highest BCUT2D eigenvalue weighted by Gasteiger charge is 2.39. The van der Waals surface area contributed by atoms with Gasteiger partial charge in [0.2, 0.25) is 5.91 Å². The summed E-state index contributed by atoms with van der Waals surface area (Å²) in [4.78, 5) is 25.6. The number of ether oxygens (including phenoxy) is 1. The lowest BCUT2D eigenvalue weighted by atomic mass is 10.0. The number of benzene rings is 1. The van der Waals surface area contributed by atoms with Crippen molar-refractivity contribution < 1.29 is 28.2 Å². The molecule has 1 saturated heterocycles. The van der Waals surface area contributed by atoms with Gasteiger partial charge in [-0.15, -0.1) is 0 Å². The van der Waals surface area contributed by atoms with Gasteiger partial charge in [0, 0.05) is 24.9 Å². The molecule has 0 bridgehead atoms. The van der Waals surface area contributed by atoms with E-state index in [1.165, 1.54) is 30.3 Å². The van der Waals surface area contributed by atoms with Crippen molar-refractivity contribution in [3.05, 3.63) is 48.0 Å². The maximum atomic E-state index is 14.5. The Kier molecular flexibility index (Phi) is 9.37. The van der Waals surface area contributed by atoms with Crippen molar-refractivity contribution in [2.75, 3.05) is 6.54 Å². The quantitative estimate of drug-likeness (QED) is 0.293. The van der Waals surface area contributed by atoms with Crippen molar-refractivity contribution in [3.8, 4) is 0 Å². The molecule has 0 saturated carbocycles. The third kappa shape index (κ3) is 8.01. The van der Waals surface area contributed by atoms with E-state index in [4.69, 9.17) is 4.74 Å². The van der Waals surface area contributed by atoms with Gasteiger partial charge in [-0.05, 0) is 40.0 Å². The Hall–Kier alpha value is -2.28. The predicted molar refractivity (Wildman–Crippen MR) is 119 cm³/mol. The van der Waals surface area contributed by atoms with E-state index in [1.807, 2.05) is 20.8 Å². The summed E-state index contributed by atoms with van der Waals surface area (Å²) in [6.07, 6.45) is 5.17. The molecule has 1 aromatic carbocycles. The predicted octanol–water partition coefficient (Wildman–Crippen LogP) is 4.98. The highest BCUT2D eigenvalue weighted by molar-refractivity contribution is 5.79. The van der Waals surface area contributed by atoms with Crippen molar-refractivity contribution >= 4 is 11.9 Å². The van der Waals surface area contributed by atoms with Crippen molar-refractivity contribution in [2.45, 2.75) is 89.4 Å². The van der Waals surface area contributed by atoms with Crippen LogP contribution in [0.15, 0.2) is 42.5 Å². The number of rotatable bonds is 11. The smallest absolute Gasteiger partial charge is 0.306 e. The summed E-state index contributed by atoms with van der Waals surface area (Å²) in [6.45, 7) is 6.05. The van der Waals surface area contributed by atoms with Crippen molar-refractivity contribution in [2.24, 2.45) is 0 Å². The lowest BCUT2D eigenvalue weighted by Crippen LogP contribution is -2.34. The maximum Gasteiger partial charge on any atom is 0.306 e. The van der Waals surface area contributed by atoms with Crippen LogP contribution >= 0.6 is 0 Å². The van der Waals surface area contributed by atoms with Crippen LogP contribution in [0.3, 0.4) is 0 Å². The molecule has 0 spiro atoms. The molecule has 1 heterocycles. The largest absolute Gasteiger partial charge is 0.460 e. The molecular weight excluding hydrogens is 416 g/mol. The molecular formula is C25H35F2NO4. The van der Waals surface area contributed by atoms with Gasteiger partial charge in [0.1, 0.15) is 11.7 Å². The highest BCUT2D eigenvalue weighted by atomic mass is 19.3. The number of aliphatic hydroxyl groups excluding tert-OH is 1. The molecule has 1 aromatic rings. The Morgan fingerprint density at radius 1 is 1.19 bits per heavy atom. The highest BCUT2D eigenvalue weighted by Crippen LogP contribution is 2.32. The van der Waals surface area contributed by atoms with Gasteiger partial charge in [-0.2, -0.15) is 8.78 Å². The van der Waals surface area contributed by atoms with Gasteiger partial charge in [-0.3, -0.25) is 9.59 Å². The first-order chi connectivity index (χ1) is 15.0. The Morgan fingerprint density at radius 2 is 1.84 bits per heavy atom. The van der Waals surface area contributed by atoms with E-state index in [2.05, 4.69) is 0 Å². The standard InChI is InChI=1S/C25H35F2NO4/c1-24(2,3)32-23(31)13-9-4-5-10-18-28-20(15-17-22(28)30)14-16-21(29)25(26,27)19-11-7-6-8-12-19/h6-8,11-12,14,16,20-21,29H,4-5,9-10,13,15,17-18H2,1-3H3/b16-14+/t20-,21-/m0/s1. The monoisotopic (exact) mass is 451 g/mol. The topological polar surface area (TPSA) is 66.8 Å². The SMILES string of the molecule is CC(C)(C)OC(=O)CCCCCCN1C(=O)CC[C@@H]1/C=C/[C@H](O)C(F)(F)c1ccccc1. The number of carbonyl (C=O) groups is 2. The molecule has 1 aliphatic rings. The average molecular weight is 452 g/mol. The van der Waals surface area contributed by atoms with Crippen LogP contribution in [0.1, 0.15) is 71.3 Å². The number of amides is 1. The summed E-state index contributed by atoms with van der Waals surface area (Å²) in [5, 5.41) is 10.1. The number of hydrogen-bond donors (Lipinski definition) is 1. The van der Waals surface area contributed by atoms with E-state index < -0.39 is 17.6 Å². The van der Waals surface area contributed by atoms with Crippen LogP contribution < -0.4 is 0 Å². The molecule has 2 atom stereocenters. The summed E-state index contributed by atoms with van der Waals surface area (Å²) < 4.78 is 34.2. The van der Waals surface area contributed by atoms with Crippen molar-refractivity contribution in [1.82, 2.24) is 4.90 Å². The van der Waals surface area contributed by atoms with Crippen LogP contribution in [0.25, 0.3) is 0 Å². The van der Waals surface area contributed by atoms with Crippen molar-refractivity contribution in [1.29, 1.82) is 0 Å². The molecule has 0 unspecified atom stereocenters. The fourth-order valence-electron chi connectivity index (χ4n) is 3.73. The Labute approximate surface area is 189 Å². The molecule has 2 rings (SSSR count). The number of alkyl halides is 2. The molecule has 1 aliphatic heterocycles. The van der Waals surface area contributed by atoms with E-state index in [0.717, 1.165) is 31.8 Å². The normalized spacial score (nSPS) is 18.4. The molecule has 5 nitrogen and oxygen atoms in total. The Bertz CT molecular complexity index is 774. The minimum absolute atomic E-state index is 0.00212. The van der Waals surface area contributed by atoms with Gasteiger partial charge in [0.15, 0.2) is 0 Å². The zero-order valence-electron chi connectivity index (χ0n) is 19.2. The second kappa shape index (κ2) is 11.5. The van der Waals surface area contributed by atoms with Crippen molar-refractivity contribution in [3.63, 3.8) is 0 Å². The first-order valence-corrected chi connectivity index (χ1v) is 11.3. The zero-order valence-corrected chi connectivity index (χ0v) is 19.2. The summed E-state index contributed by atoms with van der Waals surface area (Å²) in [5.41, 5.74) is -0.725. The number of nitrogens with zero attached hydrogens (tertiary/aromatic N) is 1. The third-order valence-electron chi connectivity index (χ3n) is 5.37. The molecule has 32 heavy (non-hydrogen) atoms. The molecule has 0 aromatic heterocycles. The lowest BCUT2D eigenvalue weighted by molar-refractivity contribution is -0.154. The van der Waals surface area contributed by atoms with E-state index in [-0.39, 0.29) is 23.5 Å². The van der Waals surface area contributed by atoms with E-state index in [1.54, 1.807) is 11.0 Å². The number of aliphatic hydroxyl groups is 1. The van der Waals surface area contributed by atoms with Crippen LogP contribution in [0, 0.1) is 0 Å². The van der Waals surface area contributed by atoms with E-state index in [9.17, 15) is 23.5 Å². The zero-order chi connectivity index (χ0) is 23.8. The van der Waals surface area contributed by atoms with Crippen LogP contribution in [-0.4, -0.2) is 46.2 Å². The Balaban J connectivity index is 1.78. The number of likely N-dealkylation sites (tertiary alicyclic amines) is 1. The molecule has 1 N–H and O–H groups in total. The summed E-state index contributed by atoms with van der Waals surface area (Å²) in [6, 6.07) is 6.93. The molecule has 1 amide bonds. The number of carbonyl (C=O) groups excluding carboxylic acids is 2. The van der Waals surface area contributed by atoms with Crippen LogP contribution in [-0.2, 0) is 20.2 Å². The van der Waals surface area contributed by atoms with Gasteiger partial charge in [-0.25, -0.2) is 0 Å². The summed E-state index contributed by atoms with van der Waals surface area (Å²) >= 11 is 0. The first-order valence-electron chi connectivity index (χ1n) is 11.3. The van der Waals surface area contributed by atoms with Gasteiger partial charge in [0.25, 0.3) is 0 Å². The lowest BCUT2D eigenvalue weighted by Gasteiger charge is -2.24. The Morgan fingerprint density at radius 3 is 2.50 bits per heavy atom.